The number of hydrogen-bond acceptors (Lipinski definition) is 5. The summed E-state index contributed by atoms with van der Waals surface area (Å²) in [4.78, 5) is 22.8. The number of piperidine rings is 1. The Hall–Kier alpha value is -0.980. The van der Waals surface area contributed by atoms with Crippen molar-refractivity contribution in [2.24, 2.45) is 0 Å². The molecule has 1 aromatic heterocycles. The van der Waals surface area contributed by atoms with Crippen LogP contribution in [-0.4, -0.2) is 67.1 Å². The molecule has 0 atom stereocenters. The van der Waals surface area contributed by atoms with Crippen LogP contribution in [0, 0.1) is 13.8 Å². The second-order valence-corrected chi connectivity index (χ2v) is 7.43. The van der Waals surface area contributed by atoms with E-state index in [1.807, 2.05) is 18.7 Å². The Morgan fingerprint density at radius 1 is 1.41 bits per heavy atom. The van der Waals surface area contributed by atoms with Crippen molar-refractivity contribution in [1.82, 2.24) is 14.8 Å². The lowest BCUT2D eigenvalue weighted by atomic mass is 10.0. The van der Waals surface area contributed by atoms with Crippen molar-refractivity contribution in [3.8, 4) is 0 Å². The number of carbonyl (C=O) groups is 1. The van der Waals surface area contributed by atoms with Crippen LogP contribution < -0.4 is 0 Å². The summed E-state index contributed by atoms with van der Waals surface area (Å²) in [6, 6.07) is 0.332. The molecule has 0 saturated carbocycles. The van der Waals surface area contributed by atoms with Crippen LogP contribution in [0.15, 0.2) is 0 Å². The summed E-state index contributed by atoms with van der Waals surface area (Å²) in [6.45, 7) is 7.40. The maximum Gasteiger partial charge on any atom is 0.228 e. The van der Waals surface area contributed by atoms with Crippen molar-refractivity contribution in [2.45, 2.75) is 39.2 Å². The number of likely N-dealkylation sites (tertiary alicyclic amines) is 1. The lowest BCUT2D eigenvalue weighted by Crippen LogP contribution is -2.48. The quantitative estimate of drug-likeness (QED) is 0.801. The van der Waals surface area contributed by atoms with Crippen molar-refractivity contribution < 1.29 is 9.53 Å². The molecule has 1 amide bonds. The van der Waals surface area contributed by atoms with Crippen LogP contribution in [0.25, 0.3) is 0 Å². The highest BCUT2D eigenvalue weighted by Gasteiger charge is 2.27. The standard InChI is InChI=1S/C16H27N3O2S/c1-12-15(17-13(2)22-12)11-16(20)19(9-10-21-4)14-5-7-18(3)8-6-14/h14H,5-11H2,1-4H3. The van der Waals surface area contributed by atoms with E-state index in [1.165, 1.54) is 0 Å². The zero-order valence-electron chi connectivity index (χ0n) is 14.1. The molecule has 5 nitrogen and oxygen atoms in total. The molecule has 1 aliphatic heterocycles. The fraction of sp³-hybridized carbons (Fsp3) is 0.750. The van der Waals surface area contributed by atoms with E-state index in [-0.39, 0.29) is 5.91 Å². The first kappa shape index (κ1) is 17.4. The van der Waals surface area contributed by atoms with Gasteiger partial charge in [0.15, 0.2) is 0 Å². The van der Waals surface area contributed by atoms with Crippen molar-refractivity contribution >= 4 is 17.2 Å². The predicted molar refractivity (Wildman–Crippen MR) is 89.4 cm³/mol. The van der Waals surface area contributed by atoms with Gasteiger partial charge in [-0.3, -0.25) is 4.79 Å². The Morgan fingerprint density at radius 3 is 2.64 bits per heavy atom. The Kier molecular flexibility index (Phi) is 6.35. The topological polar surface area (TPSA) is 45.7 Å². The minimum atomic E-state index is 0.181. The molecule has 1 aromatic rings. The van der Waals surface area contributed by atoms with E-state index in [1.54, 1.807) is 18.4 Å². The van der Waals surface area contributed by atoms with Gasteiger partial charge in [0.25, 0.3) is 0 Å². The molecule has 1 saturated heterocycles. The van der Waals surface area contributed by atoms with Gasteiger partial charge in [-0.15, -0.1) is 11.3 Å². The van der Waals surface area contributed by atoms with Gasteiger partial charge in [-0.05, 0) is 46.8 Å². The molecule has 0 aromatic carbocycles. The van der Waals surface area contributed by atoms with Gasteiger partial charge in [0.05, 0.1) is 23.7 Å². The smallest absolute Gasteiger partial charge is 0.228 e. The summed E-state index contributed by atoms with van der Waals surface area (Å²) in [6.07, 6.45) is 2.49. The minimum Gasteiger partial charge on any atom is -0.383 e. The van der Waals surface area contributed by atoms with Crippen molar-refractivity contribution in [3.63, 3.8) is 0 Å². The fourth-order valence-electron chi connectivity index (χ4n) is 2.99. The number of nitrogens with zero attached hydrogens (tertiary/aromatic N) is 3. The van der Waals surface area contributed by atoms with Crippen molar-refractivity contribution in [1.29, 1.82) is 0 Å². The zero-order chi connectivity index (χ0) is 16.1. The summed E-state index contributed by atoms with van der Waals surface area (Å²) < 4.78 is 5.19. The molecule has 22 heavy (non-hydrogen) atoms. The van der Waals surface area contributed by atoms with E-state index < -0.39 is 0 Å². The van der Waals surface area contributed by atoms with E-state index in [0.717, 1.165) is 41.5 Å². The summed E-state index contributed by atoms with van der Waals surface area (Å²) in [5, 5.41) is 1.03. The minimum absolute atomic E-state index is 0.181. The van der Waals surface area contributed by atoms with Gasteiger partial charge in [0.2, 0.25) is 5.91 Å². The first-order valence-corrected chi connectivity index (χ1v) is 8.72. The van der Waals surface area contributed by atoms with Crippen LogP contribution >= 0.6 is 11.3 Å². The monoisotopic (exact) mass is 325 g/mol. The van der Waals surface area contributed by atoms with Crippen LogP contribution in [0.1, 0.15) is 28.4 Å². The third-order valence-corrected chi connectivity index (χ3v) is 5.23. The first-order valence-electron chi connectivity index (χ1n) is 7.91. The summed E-state index contributed by atoms with van der Waals surface area (Å²) in [5.41, 5.74) is 0.933. The first-order chi connectivity index (χ1) is 10.5. The third-order valence-electron chi connectivity index (χ3n) is 4.30. The Labute approximate surface area is 137 Å². The summed E-state index contributed by atoms with van der Waals surface area (Å²) in [5.74, 6) is 0.181. The molecular formula is C16H27N3O2S. The molecule has 0 N–H and O–H groups in total. The van der Waals surface area contributed by atoms with Gasteiger partial charge in [0.1, 0.15) is 0 Å². The maximum absolute atomic E-state index is 12.8. The second-order valence-electron chi connectivity index (χ2n) is 6.03. The van der Waals surface area contributed by atoms with E-state index in [9.17, 15) is 4.79 Å². The molecule has 2 heterocycles. The zero-order valence-corrected chi connectivity index (χ0v) is 14.9. The van der Waals surface area contributed by atoms with Crippen molar-refractivity contribution in [3.05, 3.63) is 15.6 Å². The highest BCUT2D eigenvalue weighted by atomic mass is 32.1. The molecule has 0 unspecified atom stereocenters. The highest BCUT2D eigenvalue weighted by molar-refractivity contribution is 7.11. The van der Waals surface area contributed by atoms with Crippen LogP contribution in [-0.2, 0) is 16.0 Å². The molecule has 0 radical (unpaired) electrons. The number of rotatable bonds is 6. The number of methoxy groups -OCH3 is 1. The third kappa shape index (κ3) is 4.51. The van der Waals surface area contributed by atoms with Crippen LogP contribution in [0.5, 0.6) is 0 Å². The number of aromatic nitrogens is 1. The van der Waals surface area contributed by atoms with E-state index in [0.29, 0.717) is 25.6 Å². The molecule has 0 aliphatic carbocycles. The molecule has 2 rings (SSSR count). The number of hydrogen-bond donors (Lipinski definition) is 0. The Morgan fingerprint density at radius 2 is 2.09 bits per heavy atom. The number of thiazole rings is 1. The fourth-order valence-corrected chi connectivity index (χ4v) is 3.82. The molecule has 1 aliphatic rings. The van der Waals surface area contributed by atoms with Crippen LogP contribution in [0.2, 0.25) is 0 Å². The molecule has 6 heteroatoms. The number of aryl methyl sites for hydroxylation is 2. The largest absolute Gasteiger partial charge is 0.383 e. The number of amides is 1. The van der Waals surface area contributed by atoms with Gasteiger partial charge in [-0.25, -0.2) is 4.98 Å². The normalized spacial score (nSPS) is 16.9. The predicted octanol–water partition coefficient (Wildman–Crippen LogP) is 1.87. The summed E-state index contributed by atoms with van der Waals surface area (Å²) >= 11 is 1.66. The number of carbonyl (C=O) groups excluding carboxylic acids is 1. The average Bonchev–Trinajstić information content (AvgIpc) is 2.79. The summed E-state index contributed by atoms with van der Waals surface area (Å²) in [7, 11) is 3.82. The maximum atomic E-state index is 12.8. The molecule has 0 spiro atoms. The Bertz CT molecular complexity index is 496. The SMILES string of the molecule is COCCN(C(=O)Cc1nc(C)sc1C)C1CCN(C)CC1. The molecule has 0 bridgehead atoms. The molecular weight excluding hydrogens is 298 g/mol. The molecule has 1 fully saturated rings. The van der Waals surface area contributed by atoms with E-state index in [2.05, 4.69) is 16.9 Å². The van der Waals surface area contributed by atoms with E-state index in [4.69, 9.17) is 4.74 Å². The Balaban J connectivity index is 2.03. The molecule has 124 valence electrons. The van der Waals surface area contributed by atoms with Gasteiger partial charge in [-0.2, -0.15) is 0 Å². The van der Waals surface area contributed by atoms with Crippen molar-refractivity contribution in [2.75, 3.05) is 40.4 Å². The van der Waals surface area contributed by atoms with E-state index >= 15 is 0 Å². The van der Waals surface area contributed by atoms with Gasteiger partial charge >= 0.3 is 0 Å². The van der Waals surface area contributed by atoms with Gasteiger partial charge < -0.3 is 14.5 Å². The second kappa shape index (κ2) is 8.04. The lowest BCUT2D eigenvalue weighted by molar-refractivity contribution is -0.134. The average molecular weight is 325 g/mol. The lowest BCUT2D eigenvalue weighted by Gasteiger charge is -2.37. The van der Waals surface area contributed by atoms with Gasteiger partial charge in [-0.1, -0.05) is 0 Å². The van der Waals surface area contributed by atoms with Crippen LogP contribution in [0.3, 0.4) is 0 Å². The van der Waals surface area contributed by atoms with Gasteiger partial charge in [0, 0.05) is 24.6 Å². The number of ether oxygens (including phenoxy) is 1. The van der Waals surface area contributed by atoms with Crippen LogP contribution in [0.4, 0.5) is 0 Å². The highest BCUT2D eigenvalue weighted by Crippen LogP contribution is 2.20.